The summed E-state index contributed by atoms with van der Waals surface area (Å²) in [4.78, 5) is 35.2. The number of pyridine rings is 1. The second-order valence-corrected chi connectivity index (χ2v) is 7.93. The van der Waals surface area contributed by atoms with E-state index in [2.05, 4.69) is 15.3 Å². The quantitative estimate of drug-likeness (QED) is 0.551. The highest BCUT2D eigenvalue weighted by atomic mass is 19.4. The van der Waals surface area contributed by atoms with E-state index in [4.69, 9.17) is 9.15 Å². The second kappa shape index (κ2) is 9.16. The lowest BCUT2D eigenvalue weighted by atomic mass is 10.0. The smallest absolute Gasteiger partial charge is 0.422 e. The van der Waals surface area contributed by atoms with Crippen LogP contribution in [0.1, 0.15) is 45.7 Å². The van der Waals surface area contributed by atoms with E-state index in [-0.39, 0.29) is 36.6 Å². The predicted molar refractivity (Wildman–Crippen MR) is 114 cm³/mol. The van der Waals surface area contributed by atoms with Crippen LogP contribution in [-0.2, 0) is 17.8 Å². The molecule has 0 saturated carbocycles. The Balaban J connectivity index is 1.49. The molecule has 11 heteroatoms. The van der Waals surface area contributed by atoms with Crippen molar-refractivity contribution in [3.05, 3.63) is 71.1 Å². The summed E-state index contributed by atoms with van der Waals surface area (Å²) in [6.45, 7) is 2.31. The minimum Gasteiger partial charge on any atom is -0.484 e. The molecule has 34 heavy (non-hydrogen) atoms. The summed E-state index contributed by atoms with van der Waals surface area (Å²) >= 11 is 0. The Morgan fingerprint density at radius 2 is 2.09 bits per heavy atom. The summed E-state index contributed by atoms with van der Waals surface area (Å²) in [5.41, 5.74) is 2.76. The third-order valence-electron chi connectivity index (χ3n) is 5.50. The number of carbonyl (C=O) groups is 2. The highest BCUT2D eigenvalue weighted by Gasteiger charge is 2.34. The molecule has 0 fully saturated rings. The van der Waals surface area contributed by atoms with Crippen molar-refractivity contribution in [2.45, 2.75) is 39.0 Å². The zero-order valence-corrected chi connectivity index (χ0v) is 18.3. The number of carbonyl (C=O) groups excluding carboxylic acids is 2. The van der Waals surface area contributed by atoms with Crippen LogP contribution in [0, 0.1) is 6.92 Å². The number of nitrogens with one attached hydrogen (secondary N) is 1. The molecule has 1 aliphatic rings. The number of aromatic nitrogens is 2. The van der Waals surface area contributed by atoms with Gasteiger partial charge >= 0.3 is 6.18 Å². The highest BCUT2D eigenvalue weighted by Crippen LogP contribution is 2.35. The first-order valence-electron chi connectivity index (χ1n) is 10.4. The van der Waals surface area contributed by atoms with Crippen molar-refractivity contribution >= 4 is 17.6 Å². The Kier molecular flexibility index (Phi) is 6.27. The summed E-state index contributed by atoms with van der Waals surface area (Å²) in [6, 6.07) is 6.02. The number of amides is 2. The average Bonchev–Trinajstić information content (AvgIpc) is 3.40. The maximum absolute atomic E-state index is 13.1. The number of anilines is 1. The van der Waals surface area contributed by atoms with Crippen molar-refractivity contribution in [3.8, 4) is 5.75 Å². The van der Waals surface area contributed by atoms with Gasteiger partial charge in [0.2, 0.25) is 5.91 Å². The molecule has 0 radical (unpaired) electrons. The van der Waals surface area contributed by atoms with Crippen LogP contribution in [0.15, 0.2) is 47.5 Å². The van der Waals surface area contributed by atoms with Crippen molar-refractivity contribution in [1.29, 1.82) is 0 Å². The zero-order chi connectivity index (χ0) is 24.5. The first-order valence-corrected chi connectivity index (χ1v) is 10.4. The third-order valence-corrected chi connectivity index (χ3v) is 5.50. The molecule has 1 aliphatic heterocycles. The Bertz CT molecular complexity index is 1210. The minimum absolute atomic E-state index is 0.00204. The molecule has 2 aromatic heterocycles. The van der Waals surface area contributed by atoms with Gasteiger partial charge in [0, 0.05) is 17.3 Å². The largest absolute Gasteiger partial charge is 0.484 e. The summed E-state index contributed by atoms with van der Waals surface area (Å²) in [6.07, 6.45) is -0.375. The number of benzene rings is 1. The molecule has 1 atom stereocenters. The Labute approximate surface area is 192 Å². The van der Waals surface area contributed by atoms with E-state index >= 15 is 0 Å². The predicted octanol–water partition coefficient (Wildman–Crippen LogP) is 4.22. The van der Waals surface area contributed by atoms with Gasteiger partial charge in [-0.1, -0.05) is 12.1 Å². The molecule has 1 N–H and O–H groups in total. The van der Waals surface area contributed by atoms with Gasteiger partial charge in [0.15, 0.2) is 13.0 Å². The van der Waals surface area contributed by atoms with Gasteiger partial charge in [0.25, 0.3) is 5.91 Å². The monoisotopic (exact) mass is 474 g/mol. The Morgan fingerprint density at radius 3 is 2.76 bits per heavy atom. The van der Waals surface area contributed by atoms with Crippen molar-refractivity contribution in [1.82, 2.24) is 14.9 Å². The summed E-state index contributed by atoms with van der Waals surface area (Å²) < 4.78 is 47.1. The van der Waals surface area contributed by atoms with Gasteiger partial charge in [0.05, 0.1) is 24.7 Å². The molecule has 178 valence electrons. The topological polar surface area (TPSA) is 97.6 Å². The Morgan fingerprint density at radius 1 is 1.29 bits per heavy atom. The number of halogens is 3. The molecule has 0 spiro atoms. The number of hydrogen-bond donors (Lipinski definition) is 1. The molecule has 1 aromatic carbocycles. The Hall–Kier alpha value is -3.89. The van der Waals surface area contributed by atoms with Crippen LogP contribution in [0.4, 0.5) is 19.0 Å². The fourth-order valence-corrected chi connectivity index (χ4v) is 3.77. The standard InChI is InChI=1S/C23H21F3N4O4/c1-13-7-15(3-4-19(13)34-11-23(24,25)26)14(2)30-9-18-17(22(30)32)5-6-27-21(18)29-20(31)8-16-10-33-12-28-16/h3-7,10,12,14H,8-9,11H2,1-2H3,(H,27,29,31). The van der Waals surface area contributed by atoms with E-state index in [9.17, 15) is 22.8 Å². The minimum atomic E-state index is -4.43. The maximum atomic E-state index is 13.1. The number of ether oxygens (including phenoxy) is 1. The van der Waals surface area contributed by atoms with Crippen molar-refractivity contribution < 1.29 is 31.9 Å². The van der Waals surface area contributed by atoms with Gasteiger partial charge in [-0.05, 0) is 37.1 Å². The van der Waals surface area contributed by atoms with Crippen LogP contribution in [0.3, 0.4) is 0 Å². The summed E-state index contributed by atoms with van der Waals surface area (Å²) in [7, 11) is 0. The van der Waals surface area contributed by atoms with Crippen molar-refractivity contribution in [3.63, 3.8) is 0 Å². The SMILES string of the molecule is Cc1cc(C(C)N2Cc3c(ccnc3NC(=O)Cc3cocn3)C2=O)ccc1OCC(F)(F)F. The molecule has 0 bridgehead atoms. The van der Waals surface area contributed by atoms with Crippen LogP contribution >= 0.6 is 0 Å². The molecular formula is C23H21F3N4O4. The molecule has 2 amide bonds. The van der Waals surface area contributed by atoms with E-state index in [0.717, 1.165) is 5.56 Å². The van der Waals surface area contributed by atoms with Gasteiger partial charge < -0.3 is 19.4 Å². The van der Waals surface area contributed by atoms with Gasteiger partial charge in [-0.2, -0.15) is 13.2 Å². The number of nitrogens with zero attached hydrogens (tertiary/aromatic N) is 3. The third kappa shape index (κ3) is 5.03. The van der Waals surface area contributed by atoms with Gasteiger partial charge in [-0.25, -0.2) is 9.97 Å². The normalized spacial score (nSPS) is 14.1. The molecule has 3 aromatic rings. The van der Waals surface area contributed by atoms with E-state index in [1.807, 2.05) is 6.92 Å². The van der Waals surface area contributed by atoms with E-state index in [1.54, 1.807) is 30.0 Å². The van der Waals surface area contributed by atoms with Crippen LogP contribution in [-0.4, -0.2) is 39.5 Å². The molecule has 3 heterocycles. The van der Waals surface area contributed by atoms with Gasteiger partial charge in [-0.15, -0.1) is 0 Å². The van der Waals surface area contributed by atoms with Gasteiger partial charge in [0.1, 0.15) is 17.8 Å². The number of fused-ring (bicyclic) bond motifs is 1. The lowest BCUT2D eigenvalue weighted by molar-refractivity contribution is -0.153. The zero-order valence-electron chi connectivity index (χ0n) is 18.3. The fourth-order valence-electron chi connectivity index (χ4n) is 3.77. The van der Waals surface area contributed by atoms with Crippen LogP contribution in [0.25, 0.3) is 0 Å². The fraction of sp³-hybridized carbons (Fsp3) is 0.304. The number of oxazole rings is 1. The van der Waals surface area contributed by atoms with Crippen LogP contribution in [0.2, 0.25) is 0 Å². The lowest BCUT2D eigenvalue weighted by Gasteiger charge is -2.25. The number of rotatable bonds is 7. The molecule has 0 saturated heterocycles. The summed E-state index contributed by atoms with van der Waals surface area (Å²) in [5, 5.41) is 2.72. The lowest BCUT2D eigenvalue weighted by Crippen LogP contribution is -2.27. The first-order chi connectivity index (χ1) is 16.1. The van der Waals surface area contributed by atoms with E-state index in [0.29, 0.717) is 28.2 Å². The maximum Gasteiger partial charge on any atom is 0.422 e. The average molecular weight is 474 g/mol. The first kappa shape index (κ1) is 23.3. The molecule has 8 nitrogen and oxygen atoms in total. The van der Waals surface area contributed by atoms with Gasteiger partial charge in [-0.3, -0.25) is 9.59 Å². The number of hydrogen-bond acceptors (Lipinski definition) is 6. The van der Waals surface area contributed by atoms with Crippen LogP contribution < -0.4 is 10.1 Å². The molecule has 1 unspecified atom stereocenters. The molecular weight excluding hydrogens is 453 g/mol. The van der Waals surface area contributed by atoms with E-state index in [1.165, 1.54) is 24.9 Å². The number of aryl methyl sites for hydroxylation is 1. The summed E-state index contributed by atoms with van der Waals surface area (Å²) in [5.74, 6) is -0.155. The molecule has 4 rings (SSSR count). The van der Waals surface area contributed by atoms with E-state index < -0.39 is 12.8 Å². The second-order valence-electron chi connectivity index (χ2n) is 7.93. The number of alkyl halides is 3. The highest BCUT2D eigenvalue weighted by molar-refractivity contribution is 6.01. The van der Waals surface area contributed by atoms with Crippen LogP contribution in [0.5, 0.6) is 5.75 Å². The van der Waals surface area contributed by atoms with Crippen molar-refractivity contribution in [2.75, 3.05) is 11.9 Å². The molecule has 0 aliphatic carbocycles. The van der Waals surface area contributed by atoms with Crippen molar-refractivity contribution in [2.24, 2.45) is 0 Å².